The van der Waals surface area contributed by atoms with Crippen LogP contribution < -0.4 is 11.5 Å². The van der Waals surface area contributed by atoms with E-state index >= 15 is 0 Å². The number of halogens is 1. The second-order valence-electron chi connectivity index (χ2n) is 3.49. The Morgan fingerprint density at radius 1 is 1.47 bits per heavy atom. The number of carbonyl (C=O) groups excluding carboxylic acids is 1. The second-order valence-corrected chi connectivity index (χ2v) is 3.90. The van der Waals surface area contributed by atoms with Gasteiger partial charge in [0.15, 0.2) is 0 Å². The zero-order valence-corrected chi connectivity index (χ0v) is 9.69. The third-order valence-electron chi connectivity index (χ3n) is 2.39. The fraction of sp³-hybridized carbons (Fsp3) is 0.0909. The molecule has 0 fully saturated rings. The van der Waals surface area contributed by atoms with Crippen molar-refractivity contribution in [3.63, 3.8) is 0 Å². The zero-order chi connectivity index (χ0) is 12.4. The Balaban J connectivity index is 2.55. The first-order valence-corrected chi connectivity index (χ1v) is 5.33. The van der Waals surface area contributed by atoms with E-state index in [9.17, 15) is 4.79 Å². The molecular weight excluding hydrogens is 240 g/mol. The van der Waals surface area contributed by atoms with Crippen molar-refractivity contribution in [1.82, 2.24) is 9.78 Å². The number of nitrogens with two attached hydrogens (primary N) is 2. The van der Waals surface area contributed by atoms with E-state index in [4.69, 9.17) is 23.1 Å². The van der Waals surface area contributed by atoms with Gasteiger partial charge in [-0.25, -0.2) is 4.68 Å². The maximum absolute atomic E-state index is 11.0. The summed E-state index contributed by atoms with van der Waals surface area (Å²) in [6.07, 6.45) is 2.93. The molecule has 0 aliphatic rings. The fourth-order valence-electron chi connectivity index (χ4n) is 1.55. The summed E-state index contributed by atoms with van der Waals surface area (Å²) in [6.45, 7) is 0.335. The normalized spacial score (nSPS) is 10.5. The van der Waals surface area contributed by atoms with Gasteiger partial charge in [-0.1, -0.05) is 23.7 Å². The highest BCUT2D eigenvalue weighted by atomic mass is 35.5. The summed E-state index contributed by atoms with van der Waals surface area (Å²) in [5.41, 5.74) is 12.6. The largest absolute Gasteiger partial charge is 0.366 e. The predicted octanol–water partition coefficient (Wildman–Crippen LogP) is 1.08. The summed E-state index contributed by atoms with van der Waals surface area (Å²) in [7, 11) is 0. The van der Waals surface area contributed by atoms with Crippen LogP contribution in [0.1, 0.15) is 15.9 Å². The zero-order valence-electron chi connectivity index (χ0n) is 8.93. The summed E-state index contributed by atoms with van der Waals surface area (Å²) < 4.78 is 1.50. The molecule has 0 aliphatic carbocycles. The molecule has 1 aromatic heterocycles. The summed E-state index contributed by atoms with van der Waals surface area (Å²) in [5, 5.41) is 4.57. The number of hydrogen-bond acceptors (Lipinski definition) is 3. The monoisotopic (exact) mass is 250 g/mol. The van der Waals surface area contributed by atoms with Crippen LogP contribution in [0, 0.1) is 0 Å². The van der Waals surface area contributed by atoms with Gasteiger partial charge < -0.3 is 11.5 Å². The molecule has 0 radical (unpaired) electrons. The van der Waals surface area contributed by atoms with Crippen LogP contribution in [-0.4, -0.2) is 15.7 Å². The standard InChI is InChI=1S/C11H11ClN4O/c12-9-3-1-2-7(4-13)10(9)16-6-8(5-15-16)11(14)17/h1-3,5-6H,4,13H2,(H2,14,17). The summed E-state index contributed by atoms with van der Waals surface area (Å²) >= 11 is 6.10. The number of aromatic nitrogens is 2. The molecular formula is C11H11ClN4O. The number of amides is 1. The minimum Gasteiger partial charge on any atom is -0.366 e. The number of benzene rings is 1. The average molecular weight is 251 g/mol. The molecule has 0 atom stereocenters. The van der Waals surface area contributed by atoms with Crippen LogP contribution in [0.25, 0.3) is 5.69 Å². The number of nitrogens with zero attached hydrogens (tertiary/aromatic N) is 2. The van der Waals surface area contributed by atoms with E-state index in [-0.39, 0.29) is 0 Å². The highest BCUT2D eigenvalue weighted by Gasteiger charge is 2.11. The number of carbonyl (C=O) groups is 1. The van der Waals surface area contributed by atoms with E-state index in [1.807, 2.05) is 12.1 Å². The van der Waals surface area contributed by atoms with Crippen LogP contribution in [0.4, 0.5) is 0 Å². The molecule has 1 aromatic carbocycles. The van der Waals surface area contributed by atoms with Crippen LogP contribution in [0.2, 0.25) is 5.02 Å². The quantitative estimate of drug-likeness (QED) is 0.855. The fourth-order valence-corrected chi connectivity index (χ4v) is 1.83. The Bertz CT molecular complexity index is 564. The summed E-state index contributed by atoms with van der Waals surface area (Å²) in [6, 6.07) is 5.40. The summed E-state index contributed by atoms with van der Waals surface area (Å²) in [4.78, 5) is 11.0. The Hall–Kier alpha value is -1.85. The SMILES string of the molecule is NCc1cccc(Cl)c1-n1cc(C(N)=O)cn1. The number of primary amides is 1. The molecule has 6 heteroatoms. The van der Waals surface area contributed by atoms with E-state index in [1.165, 1.54) is 17.1 Å². The molecule has 0 spiro atoms. The highest BCUT2D eigenvalue weighted by Crippen LogP contribution is 2.23. The predicted molar refractivity (Wildman–Crippen MR) is 65.0 cm³/mol. The lowest BCUT2D eigenvalue weighted by Crippen LogP contribution is -2.10. The number of rotatable bonds is 3. The van der Waals surface area contributed by atoms with Gasteiger partial charge >= 0.3 is 0 Å². The van der Waals surface area contributed by atoms with E-state index < -0.39 is 5.91 Å². The first kappa shape index (κ1) is 11.6. The maximum Gasteiger partial charge on any atom is 0.251 e. The van der Waals surface area contributed by atoms with Crippen molar-refractivity contribution in [2.75, 3.05) is 0 Å². The second kappa shape index (κ2) is 4.57. The minimum atomic E-state index is -0.530. The molecule has 0 saturated carbocycles. The molecule has 2 rings (SSSR count). The Morgan fingerprint density at radius 3 is 2.82 bits per heavy atom. The molecule has 0 aliphatic heterocycles. The molecule has 1 amide bonds. The molecule has 2 aromatic rings. The van der Waals surface area contributed by atoms with E-state index in [2.05, 4.69) is 5.10 Å². The first-order valence-electron chi connectivity index (χ1n) is 4.95. The van der Waals surface area contributed by atoms with Gasteiger partial charge in [0, 0.05) is 12.7 Å². The van der Waals surface area contributed by atoms with Crippen LogP contribution in [-0.2, 0) is 6.54 Å². The molecule has 1 heterocycles. The van der Waals surface area contributed by atoms with Gasteiger partial charge in [0.2, 0.25) is 0 Å². The molecule has 5 nitrogen and oxygen atoms in total. The van der Waals surface area contributed by atoms with Gasteiger partial charge in [-0.2, -0.15) is 5.10 Å². The van der Waals surface area contributed by atoms with Gasteiger partial charge in [-0.15, -0.1) is 0 Å². The molecule has 0 unspecified atom stereocenters. The van der Waals surface area contributed by atoms with Crippen molar-refractivity contribution in [1.29, 1.82) is 0 Å². The van der Waals surface area contributed by atoms with Gasteiger partial charge in [0.1, 0.15) is 0 Å². The summed E-state index contributed by atoms with van der Waals surface area (Å²) in [5.74, 6) is -0.530. The van der Waals surface area contributed by atoms with Crippen molar-refractivity contribution in [3.05, 3.63) is 46.7 Å². The Kier molecular flexibility index (Phi) is 3.12. The smallest absolute Gasteiger partial charge is 0.251 e. The van der Waals surface area contributed by atoms with Crippen LogP contribution >= 0.6 is 11.6 Å². The molecule has 4 N–H and O–H groups in total. The van der Waals surface area contributed by atoms with Crippen molar-refractivity contribution < 1.29 is 4.79 Å². The first-order chi connectivity index (χ1) is 8.13. The van der Waals surface area contributed by atoms with Crippen LogP contribution in [0.15, 0.2) is 30.6 Å². The lowest BCUT2D eigenvalue weighted by Gasteiger charge is -2.09. The van der Waals surface area contributed by atoms with Gasteiger partial charge in [-0.3, -0.25) is 4.79 Å². The maximum atomic E-state index is 11.0. The minimum absolute atomic E-state index is 0.327. The lowest BCUT2D eigenvalue weighted by atomic mass is 10.2. The lowest BCUT2D eigenvalue weighted by molar-refractivity contribution is 0.100. The van der Waals surface area contributed by atoms with E-state index in [0.717, 1.165) is 5.56 Å². The Morgan fingerprint density at radius 2 is 2.24 bits per heavy atom. The van der Waals surface area contributed by atoms with Crippen molar-refractivity contribution in [3.8, 4) is 5.69 Å². The van der Waals surface area contributed by atoms with Crippen LogP contribution in [0.3, 0.4) is 0 Å². The highest BCUT2D eigenvalue weighted by molar-refractivity contribution is 6.32. The third-order valence-corrected chi connectivity index (χ3v) is 2.69. The van der Waals surface area contributed by atoms with Crippen molar-refractivity contribution in [2.24, 2.45) is 11.5 Å². The van der Waals surface area contributed by atoms with E-state index in [1.54, 1.807) is 6.07 Å². The van der Waals surface area contributed by atoms with Gasteiger partial charge in [0.25, 0.3) is 5.91 Å². The molecule has 17 heavy (non-hydrogen) atoms. The molecule has 0 bridgehead atoms. The molecule has 88 valence electrons. The Labute approximate surface area is 103 Å². The third kappa shape index (κ3) is 2.15. The van der Waals surface area contributed by atoms with Crippen molar-refractivity contribution >= 4 is 17.5 Å². The van der Waals surface area contributed by atoms with Gasteiger partial charge in [0.05, 0.1) is 22.5 Å². The van der Waals surface area contributed by atoms with Crippen LogP contribution in [0.5, 0.6) is 0 Å². The van der Waals surface area contributed by atoms with E-state index in [0.29, 0.717) is 22.8 Å². The average Bonchev–Trinajstić information content (AvgIpc) is 2.77. The van der Waals surface area contributed by atoms with Crippen molar-refractivity contribution in [2.45, 2.75) is 6.54 Å². The number of hydrogen-bond donors (Lipinski definition) is 2. The topological polar surface area (TPSA) is 86.9 Å². The van der Waals surface area contributed by atoms with Gasteiger partial charge in [-0.05, 0) is 11.6 Å². The number of para-hydroxylation sites is 1. The molecule has 0 saturated heterocycles.